The number of anilines is 2. The van der Waals surface area contributed by atoms with Crippen molar-refractivity contribution in [3.63, 3.8) is 0 Å². The summed E-state index contributed by atoms with van der Waals surface area (Å²) in [5.41, 5.74) is 0. The molecule has 0 radical (unpaired) electrons. The Morgan fingerprint density at radius 2 is 1.76 bits per heavy atom. The second-order valence-corrected chi connectivity index (χ2v) is 6.14. The molecule has 3 rings (SSSR count). The summed E-state index contributed by atoms with van der Waals surface area (Å²) in [6.07, 6.45) is 5.22. The van der Waals surface area contributed by atoms with Gasteiger partial charge in [0.2, 0.25) is 5.91 Å². The average Bonchev–Trinajstić information content (AvgIpc) is 2.93. The van der Waals surface area contributed by atoms with E-state index < -0.39 is 0 Å². The predicted octanol–water partition coefficient (Wildman–Crippen LogP) is 3.26. The van der Waals surface area contributed by atoms with Crippen LogP contribution in [0.15, 0.2) is 42.5 Å². The summed E-state index contributed by atoms with van der Waals surface area (Å²) in [7, 11) is 0. The zero-order chi connectivity index (χ0) is 17.3. The summed E-state index contributed by atoms with van der Waals surface area (Å²) >= 11 is 0. The van der Waals surface area contributed by atoms with Crippen molar-refractivity contribution in [2.75, 3.05) is 29.9 Å². The van der Waals surface area contributed by atoms with Gasteiger partial charge in [0.1, 0.15) is 5.75 Å². The first-order valence-electron chi connectivity index (χ1n) is 8.88. The van der Waals surface area contributed by atoms with Gasteiger partial charge in [0.15, 0.2) is 11.6 Å². The Labute approximate surface area is 148 Å². The molecule has 1 saturated heterocycles. The van der Waals surface area contributed by atoms with Crippen molar-refractivity contribution in [3.05, 3.63) is 42.5 Å². The van der Waals surface area contributed by atoms with Gasteiger partial charge < -0.3 is 15.0 Å². The van der Waals surface area contributed by atoms with Gasteiger partial charge in [-0.2, -0.15) is 0 Å². The maximum absolute atomic E-state index is 12.0. The maximum atomic E-state index is 12.0. The molecule has 1 aromatic carbocycles. The number of hydrogen-bond donors (Lipinski definition) is 1. The molecule has 1 N–H and O–H groups in total. The monoisotopic (exact) mass is 340 g/mol. The molecule has 1 aliphatic rings. The molecule has 25 heavy (non-hydrogen) atoms. The summed E-state index contributed by atoms with van der Waals surface area (Å²) in [5, 5.41) is 11.1. The van der Waals surface area contributed by atoms with Crippen molar-refractivity contribution in [3.8, 4) is 5.75 Å². The van der Waals surface area contributed by atoms with E-state index in [2.05, 4.69) is 20.4 Å². The minimum absolute atomic E-state index is 0.132. The molecular weight excluding hydrogens is 316 g/mol. The summed E-state index contributed by atoms with van der Waals surface area (Å²) < 4.78 is 5.52. The van der Waals surface area contributed by atoms with Crippen molar-refractivity contribution in [2.45, 2.75) is 32.1 Å². The van der Waals surface area contributed by atoms with Gasteiger partial charge >= 0.3 is 0 Å². The lowest BCUT2D eigenvalue weighted by Gasteiger charge is -2.20. The number of benzene rings is 1. The van der Waals surface area contributed by atoms with Crippen molar-refractivity contribution in [1.29, 1.82) is 0 Å². The van der Waals surface area contributed by atoms with Crippen LogP contribution >= 0.6 is 0 Å². The Morgan fingerprint density at radius 1 is 1.00 bits per heavy atom. The molecule has 2 aromatic rings. The minimum Gasteiger partial charge on any atom is -0.493 e. The Morgan fingerprint density at radius 3 is 2.44 bits per heavy atom. The summed E-state index contributed by atoms with van der Waals surface area (Å²) in [6, 6.07) is 13.2. The van der Waals surface area contributed by atoms with E-state index in [9.17, 15) is 4.79 Å². The van der Waals surface area contributed by atoms with Crippen molar-refractivity contribution >= 4 is 17.5 Å². The zero-order valence-electron chi connectivity index (χ0n) is 14.4. The second-order valence-electron chi connectivity index (χ2n) is 6.14. The van der Waals surface area contributed by atoms with Crippen LogP contribution in [0.25, 0.3) is 0 Å². The molecule has 6 heteroatoms. The number of carbonyl (C=O) groups is 1. The molecule has 0 unspecified atom stereocenters. The molecule has 0 atom stereocenters. The fraction of sp³-hybridized carbons (Fsp3) is 0.421. The number of rotatable bonds is 6. The third-order valence-corrected chi connectivity index (χ3v) is 4.19. The molecule has 6 nitrogen and oxygen atoms in total. The first kappa shape index (κ1) is 17.2. The SMILES string of the molecule is O=C(CCOc1ccccc1)Nc1ccc(N2CCCCCC2)nn1. The van der Waals surface area contributed by atoms with E-state index in [-0.39, 0.29) is 12.3 Å². The van der Waals surface area contributed by atoms with Gasteiger partial charge in [-0.25, -0.2) is 0 Å². The molecule has 1 aliphatic heterocycles. The second kappa shape index (κ2) is 9.01. The van der Waals surface area contributed by atoms with Crippen LogP contribution in [0.4, 0.5) is 11.6 Å². The number of para-hydroxylation sites is 1. The van der Waals surface area contributed by atoms with Gasteiger partial charge in [0.25, 0.3) is 0 Å². The van der Waals surface area contributed by atoms with Crippen LogP contribution in [0.3, 0.4) is 0 Å². The number of nitrogens with zero attached hydrogens (tertiary/aromatic N) is 3. The van der Waals surface area contributed by atoms with Gasteiger partial charge in [0.05, 0.1) is 13.0 Å². The standard InChI is InChI=1S/C19H24N4O2/c24-19(12-15-25-16-8-4-3-5-9-16)20-17-10-11-18(22-21-17)23-13-6-1-2-7-14-23/h3-5,8-11H,1-2,6-7,12-15H2,(H,20,21,24). The third-order valence-electron chi connectivity index (χ3n) is 4.19. The van der Waals surface area contributed by atoms with Gasteiger partial charge in [-0.05, 0) is 37.1 Å². The highest BCUT2D eigenvalue weighted by Crippen LogP contribution is 2.17. The molecule has 1 aromatic heterocycles. The maximum Gasteiger partial charge on any atom is 0.229 e. The highest BCUT2D eigenvalue weighted by atomic mass is 16.5. The minimum atomic E-state index is -0.132. The largest absolute Gasteiger partial charge is 0.493 e. The van der Waals surface area contributed by atoms with Gasteiger partial charge in [-0.1, -0.05) is 31.0 Å². The average molecular weight is 340 g/mol. The van der Waals surface area contributed by atoms with E-state index in [0.29, 0.717) is 12.4 Å². The molecule has 0 saturated carbocycles. The first-order chi connectivity index (χ1) is 12.3. The number of amides is 1. The van der Waals surface area contributed by atoms with Crippen LogP contribution in [0.2, 0.25) is 0 Å². The van der Waals surface area contributed by atoms with E-state index in [1.165, 1.54) is 25.7 Å². The fourth-order valence-corrected chi connectivity index (χ4v) is 2.84. The van der Waals surface area contributed by atoms with Crippen molar-refractivity contribution < 1.29 is 9.53 Å². The Kier molecular flexibility index (Phi) is 6.20. The van der Waals surface area contributed by atoms with Crippen LogP contribution in [0.5, 0.6) is 5.75 Å². The molecule has 0 spiro atoms. The Balaban J connectivity index is 1.45. The number of carbonyl (C=O) groups excluding carboxylic acids is 1. The highest BCUT2D eigenvalue weighted by molar-refractivity contribution is 5.89. The molecule has 0 bridgehead atoms. The lowest BCUT2D eigenvalue weighted by molar-refractivity contribution is -0.116. The summed E-state index contributed by atoms with van der Waals surface area (Å²) in [4.78, 5) is 14.2. The number of hydrogen-bond acceptors (Lipinski definition) is 5. The molecule has 1 fully saturated rings. The van der Waals surface area contributed by atoms with E-state index in [1.54, 1.807) is 0 Å². The van der Waals surface area contributed by atoms with E-state index in [0.717, 1.165) is 24.7 Å². The smallest absolute Gasteiger partial charge is 0.229 e. The molecule has 1 amide bonds. The molecular formula is C19H24N4O2. The van der Waals surface area contributed by atoms with E-state index in [1.807, 2.05) is 42.5 Å². The molecule has 132 valence electrons. The van der Waals surface area contributed by atoms with Crippen LogP contribution in [0, 0.1) is 0 Å². The lowest BCUT2D eigenvalue weighted by Crippen LogP contribution is -2.25. The Bertz CT molecular complexity index is 653. The van der Waals surface area contributed by atoms with Crippen molar-refractivity contribution in [2.24, 2.45) is 0 Å². The first-order valence-corrected chi connectivity index (χ1v) is 8.88. The lowest BCUT2D eigenvalue weighted by atomic mass is 10.2. The molecule has 0 aliphatic carbocycles. The number of ether oxygens (including phenoxy) is 1. The van der Waals surface area contributed by atoms with Crippen LogP contribution in [-0.2, 0) is 4.79 Å². The fourth-order valence-electron chi connectivity index (χ4n) is 2.84. The third kappa shape index (κ3) is 5.45. The Hall–Kier alpha value is -2.63. The molecule has 2 heterocycles. The number of nitrogens with one attached hydrogen (secondary N) is 1. The van der Waals surface area contributed by atoms with E-state index >= 15 is 0 Å². The van der Waals surface area contributed by atoms with Gasteiger partial charge in [-0.15, -0.1) is 10.2 Å². The van der Waals surface area contributed by atoms with Gasteiger partial charge in [-0.3, -0.25) is 4.79 Å². The summed E-state index contributed by atoms with van der Waals surface area (Å²) in [5.74, 6) is 1.99. The predicted molar refractivity (Wildman–Crippen MR) is 97.9 cm³/mol. The van der Waals surface area contributed by atoms with Crippen molar-refractivity contribution in [1.82, 2.24) is 10.2 Å². The quantitative estimate of drug-likeness (QED) is 0.874. The highest BCUT2D eigenvalue weighted by Gasteiger charge is 2.12. The van der Waals surface area contributed by atoms with Gasteiger partial charge in [0, 0.05) is 13.1 Å². The van der Waals surface area contributed by atoms with Crippen LogP contribution < -0.4 is 15.0 Å². The number of aromatic nitrogens is 2. The normalized spacial score (nSPS) is 14.6. The zero-order valence-corrected chi connectivity index (χ0v) is 14.4. The van der Waals surface area contributed by atoms with Crippen LogP contribution in [-0.4, -0.2) is 35.8 Å². The summed E-state index contributed by atoms with van der Waals surface area (Å²) in [6.45, 7) is 2.38. The van der Waals surface area contributed by atoms with E-state index in [4.69, 9.17) is 4.74 Å². The topological polar surface area (TPSA) is 67.3 Å². The van der Waals surface area contributed by atoms with Crippen LogP contribution in [0.1, 0.15) is 32.1 Å².